The summed E-state index contributed by atoms with van der Waals surface area (Å²) in [5.41, 5.74) is 0. The molecule has 0 aliphatic carbocycles. The summed E-state index contributed by atoms with van der Waals surface area (Å²) in [5, 5.41) is 87.1. The Morgan fingerprint density at radius 2 is 0.882 bits per heavy atom. The van der Waals surface area contributed by atoms with E-state index in [0.717, 1.165) is 51.4 Å². The molecule has 0 bridgehead atoms. The molecule has 2 rings (SSSR count). The van der Waals surface area contributed by atoms with Crippen LogP contribution in [0.3, 0.4) is 0 Å². The third-order valence-corrected chi connectivity index (χ3v) is 14.7. The van der Waals surface area contributed by atoms with E-state index in [0.29, 0.717) is 12.8 Å². The van der Waals surface area contributed by atoms with Gasteiger partial charge in [-0.3, -0.25) is 4.79 Å². The number of hydrogen-bond acceptors (Lipinski definition) is 13. The third-order valence-electron chi connectivity index (χ3n) is 14.7. The quantitative estimate of drug-likeness (QED) is 0.0204. The first-order valence-electron chi connectivity index (χ1n) is 30.5. The summed E-state index contributed by atoms with van der Waals surface area (Å²) < 4.78 is 22.8. The van der Waals surface area contributed by atoms with Crippen molar-refractivity contribution in [3.05, 3.63) is 60.8 Å². The molecule has 9 N–H and O–H groups in total. The number of unbranched alkanes of at least 4 members (excludes halogenated alkanes) is 27. The lowest BCUT2D eigenvalue weighted by atomic mass is 9.97. The first-order chi connectivity index (χ1) is 37.1. The standard InChI is InChI=1S/C62H111NO13/c1-3-5-7-9-11-13-15-17-19-21-22-23-24-25-26-27-28-30-32-34-36-38-40-42-44-46-54(67)63-50(51(66)45-43-41-39-37-35-33-31-29-20-18-16-14-12-10-8-6-4-2)49-73-61-59(72)57(70)60(53(48-65)75-61)76-62-58(71)56(69)55(68)52(47-64)74-62/h15,17,20-22,29,35,37,43,45,50-53,55-62,64-66,68-72H,3-14,16,18-19,23-28,30-34,36,38-42,44,46-49H2,1-2H3,(H,63,67)/b17-15-,22-21-,29-20+,37-35+,45-43+. The van der Waals surface area contributed by atoms with Crippen LogP contribution in [0.2, 0.25) is 0 Å². The molecule has 0 saturated carbocycles. The van der Waals surface area contributed by atoms with Gasteiger partial charge in [0.1, 0.15) is 48.8 Å². The van der Waals surface area contributed by atoms with Crippen molar-refractivity contribution in [3.8, 4) is 0 Å². The minimum atomic E-state index is -1.79. The molecule has 1 amide bonds. The highest BCUT2D eigenvalue weighted by Gasteiger charge is 2.51. The summed E-state index contributed by atoms with van der Waals surface area (Å²) >= 11 is 0. The number of amides is 1. The Labute approximate surface area is 460 Å². The maximum absolute atomic E-state index is 13.3. The number of aliphatic hydroxyl groups is 8. The van der Waals surface area contributed by atoms with Gasteiger partial charge in [0, 0.05) is 6.42 Å². The van der Waals surface area contributed by atoms with Crippen LogP contribution >= 0.6 is 0 Å². The summed E-state index contributed by atoms with van der Waals surface area (Å²) in [6, 6.07) is -0.940. The third kappa shape index (κ3) is 32.7. The molecular formula is C62H111NO13. The average molecular weight is 1080 g/mol. The number of hydrogen-bond donors (Lipinski definition) is 9. The van der Waals surface area contributed by atoms with Crippen LogP contribution in [0.4, 0.5) is 0 Å². The number of carbonyl (C=O) groups is 1. The van der Waals surface area contributed by atoms with Crippen molar-refractivity contribution in [2.45, 2.75) is 306 Å². The maximum atomic E-state index is 13.3. The minimum absolute atomic E-state index is 0.255. The molecule has 12 unspecified atom stereocenters. The topological polar surface area (TPSA) is 228 Å². The van der Waals surface area contributed by atoms with Gasteiger partial charge in [-0.1, -0.05) is 209 Å². The van der Waals surface area contributed by atoms with E-state index in [-0.39, 0.29) is 18.9 Å². The summed E-state index contributed by atoms with van der Waals surface area (Å²) in [6.45, 7) is 2.76. The van der Waals surface area contributed by atoms with Crippen molar-refractivity contribution in [1.29, 1.82) is 0 Å². The summed E-state index contributed by atoms with van der Waals surface area (Å²) in [6.07, 6.45) is 44.0. The van der Waals surface area contributed by atoms with Crippen molar-refractivity contribution >= 4 is 5.91 Å². The van der Waals surface area contributed by atoms with Gasteiger partial charge in [0.25, 0.3) is 0 Å². The Balaban J connectivity index is 1.76. The van der Waals surface area contributed by atoms with Crippen LogP contribution in [0.5, 0.6) is 0 Å². The molecular weight excluding hydrogens is 967 g/mol. The second kappa shape index (κ2) is 47.5. The molecule has 0 aromatic heterocycles. The second-order valence-electron chi connectivity index (χ2n) is 21.5. The van der Waals surface area contributed by atoms with Crippen molar-refractivity contribution < 1.29 is 64.6 Å². The minimum Gasteiger partial charge on any atom is -0.394 e. The van der Waals surface area contributed by atoms with Crippen molar-refractivity contribution in [3.63, 3.8) is 0 Å². The van der Waals surface area contributed by atoms with Gasteiger partial charge < -0.3 is 65.1 Å². The highest BCUT2D eigenvalue weighted by molar-refractivity contribution is 5.76. The van der Waals surface area contributed by atoms with Crippen LogP contribution in [0.1, 0.15) is 232 Å². The molecule has 2 saturated heterocycles. The van der Waals surface area contributed by atoms with E-state index in [4.69, 9.17) is 18.9 Å². The number of allylic oxidation sites excluding steroid dienone is 9. The first kappa shape index (κ1) is 69.8. The number of nitrogens with one attached hydrogen (secondary N) is 1. The SMILES string of the molecule is CCCCCCC/C=C\C/C=C\CCCCCCCCCCCCCCCC(=O)NC(COC1OC(CO)C(OC2OC(CO)C(O)C(O)C2O)C(O)C1O)C(O)/C=C/CC/C=C/CC/C=C/CCCCCCCCC. The fraction of sp³-hybridized carbons (Fsp3) is 0.823. The van der Waals surface area contributed by atoms with E-state index < -0.39 is 86.8 Å². The average Bonchev–Trinajstić information content (AvgIpc) is 3.42. The molecule has 0 aromatic rings. The lowest BCUT2D eigenvalue weighted by Crippen LogP contribution is -2.65. The zero-order valence-electron chi connectivity index (χ0n) is 47.5. The molecule has 0 spiro atoms. The number of rotatable bonds is 48. The lowest BCUT2D eigenvalue weighted by molar-refractivity contribution is -0.359. The number of aliphatic hydroxyl groups excluding tert-OH is 8. The molecule has 14 heteroatoms. The highest BCUT2D eigenvalue weighted by Crippen LogP contribution is 2.30. The van der Waals surface area contributed by atoms with Crippen LogP contribution in [0.25, 0.3) is 0 Å². The molecule has 0 aromatic carbocycles. The molecule has 76 heavy (non-hydrogen) atoms. The zero-order chi connectivity index (χ0) is 55.3. The van der Waals surface area contributed by atoms with E-state index >= 15 is 0 Å². The van der Waals surface area contributed by atoms with Gasteiger partial charge in [-0.05, 0) is 77.0 Å². The first-order valence-corrected chi connectivity index (χ1v) is 30.5. The number of carbonyl (C=O) groups excluding carboxylic acids is 1. The predicted octanol–water partition coefficient (Wildman–Crippen LogP) is 10.6. The van der Waals surface area contributed by atoms with E-state index in [1.165, 1.54) is 148 Å². The Morgan fingerprint density at radius 3 is 1.37 bits per heavy atom. The van der Waals surface area contributed by atoms with Gasteiger partial charge >= 0.3 is 0 Å². The van der Waals surface area contributed by atoms with Gasteiger partial charge in [-0.15, -0.1) is 0 Å². The van der Waals surface area contributed by atoms with Crippen molar-refractivity contribution in [1.82, 2.24) is 5.32 Å². The van der Waals surface area contributed by atoms with Crippen LogP contribution in [0.15, 0.2) is 60.8 Å². The molecule has 12 atom stereocenters. The smallest absolute Gasteiger partial charge is 0.220 e. The maximum Gasteiger partial charge on any atom is 0.220 e. The molecule has 442 valence electrons. The Morgan fingerprint density at radius 1 is 0.474 bits per heavy atom. The van der Waals surface area contributed by atoms with E-state index in [2.05, 4.69) is 67.8 Å². The van der Waals surface area contributed by atoms with Gasteiger partial charge in [-0.2, -0.15) is 0 Å². The molecule has 2 aliphatic heterocycles. The van der Waals surface area contributed by atoms with Crippen LogP contribution in [-0.2, 0) is 23.7 Å². The normalized spacial score (nSPS) is 25.3. The molecule has 2 aliphatic rings. The van der Waals surface area contributed by atoms with Crippen LogP contribution < -0.4 is 5.32 Å². The van der Waals surface area contributed by atoms with Crippen LogP contribution in [-0.4, -0.2) is 140 Å². The van der Waals surface area contributed by atoms with Crippen molar-refractivity contribution in [2.75, 3.05) is 19.8 Å². The Kier molecular flexibility index (Phi) is 43.6. The van der Waals surface area contributed by atoms with Gasteiger partial charge in [0.2, 0.25) is 5.91 Å². The summed E-state index contributed by atoms with van der Waals surface area (Å²) in [4.78, 5) is 13.3. The molecule has 2 fully saturated rings. The van der Waals surface area contributed by atoms with E-state index in [9.17, 15) is 45.6 Å². The highest BCUT2D eigenvalue weighted by atomic mass is 16.7. The molecule has 2 heterocycles. The van der Waals surface area contributed by atoms with Gasteiger partial charge in [-0.25, -0.2) is 0 Å². The van der Waals surface area contributed by atoms with E-state index in [1.54, 1.807) is 6.08 Å². The number of ether oxygens (including phenoxy) is 4. The fourth-order valence-electron chi connectivity index (χ4n) is 9.71. The lowest BCUT2D eigenvalue weighted by Gasteiger charge is -2.46. The fourth-order valence-corrected chi connectivity index (χ4v) is 9.71. The Bertz CT molecular complexity index is 1510. The predicted molar refractivity (Wildman–Crippen MR) is 304 cm³/mol. The molecule has 14 nitrogen and oxygen atoms in total. The van der Waals surface area contributed by atoms with Crippen molar-refractivity contribution in [2.24, 2.45) is 0 Å². The Hall–Kier alpha value is -2.31. The monoisotopic (exact) mass is 1080 g/mol. The molecule has 0 radical (unpaired) electrons. The largest absolute Gasteiger partial charge is 0.394 e. The van der Waals surface area contributed by atoms with E-state index in [1.807, 2.05) is 6.08 Å². The van der Waals surface area contributed by atoms with Crippen LogP contribution in [0, 0.1) is 0 Å². The summed E-state index contributed by atoms with van der Waals surface area (Å²) in [7, 11) is 0. The zero-order valence-corrected chi connectivity index (χ0v) is 47.5. The van der Waals surface area contributed by atoms with Gasteiger partial charge in [0.05, 0.1) is 32.0 Å². The van der Waals surface area contributed by atoms with Gasteiger partial charge in [0.15, 0.2) is 12.6 Å². The summed E-state index contributed by atoms with van der Waals surface area (Å²) in [5.74, 6) is -0.255. The second-order valence-corrected chi connectivity index (χ2v) is 21.5.